The van der Waals surface area contributed by atoms with Gasteiger partial charge >= 0.3 is 5.97 Å². The van der Waals surface area contributed by atoms with E-state index in [1.165, 1.54) is 7.11 Å². The minimum atomic E-state index is -0.896. The predicted octanol–water partition coefficient (Wildman–Crippen LogP) is -0.539. The summed E-state index contributed by atoms with van der Waals surface area (Å²) < 4.78 is 9.80. The molecule has 0 aromatic heterocycles. The number of nitrogens with two attached hydrogens (primary N) is 1. The average molecular weight is 269 g/mol. The van der Waals surface area contributed by atoms with E-state index in [-0.39, 0.29) is 13.2 Å². The molecule has 1 unspecified atom stereocenters. The summed E-state index contributed by atoms with van der Waals surface area (Å²) in [5, 5.41) is 17.8. The first kappa shape index (κ1) is 15.4. The fourth-order valence-corrected chi connectivity index (χ4v) is 1.46. The predicted molar refractivity (Wildman–Crippen MR) is 68.7 cm³/mol. The van der Waals surface area contributed by atoms with Crippen molar-refractivity contribution in [1.82, 2.24) is 0 Å². The van der Waals surface area contributed by atoms with Gasteiger partial charge in [-0.15, -0.1) is 0 Å². The minimum Gasteiger partial charge on any atom is -0.491 e. The van der Waals surface area contributed by atoms with Crippen molar-refractivity contribution < 1.29 is 24.5 Å². The zero-order valence-electron chi connectivity index (χ0n) is 10.8. The number of aliphatic hydroxyl groups excluding tert-OH is 2. The Morgan fingerprint density at radius 1 is 1.37 bits per heavy atom. The van der Waals surface area contributed by atoms with Gasteiger partial charge in [0.05, 0.1) is 13.7 Å². The SMILES string of the molecule is COC(=O)C(N)Cc1ccc(OC[C@@H](O)CO)cc1. The molecular weight excluding hydrogens is 250 g/mol. The summed E-state index contributed by atoms with van der Waals surface area (Å²) >= 11 is 0. The Bertz CT molecular complexity index is 393. The Hall–Kier alpha value is -1.63. The van der Waals surface area contributed by atoms with Crippen LogP contribution in [0.1, 0.15) is 5.56 Å². The Morgan fingerprint density at radius 2 is 2.00 bits per heavy atom. The Balaban J connectivity index is 2.49. The van der Waals surface area contributed by atoms with Crippen LogP contribution in [0, 0.1) is 0 Å². The molecular formula is C13H19NO5. The summed E-state index contributed by atoms with van der Waals surface area (Å²) in [5.74, 6) is 0.120. The van der Waals surface area contributed by atoms with Crippen LogP contribution in [0.5, 0.6) is 5.75 Å². The first-order valence-corrected chi connectivity index (χ1v) is 5.91. The van der Waals surface area contributed by atoms with E-state index >= 15 is 0 Å². The van der Waals surface area contributed by atoms with Crippen LogP contribution in [-0.4, -0.2) is 48.7 Å². The van der Waals surface area contributed by atoms with Crippen LogP contribution in [-0.2, 0) is 16.0 Å². The summed E-state index contributed by atoms with van der Waals surface area (Å²) in [6.45, 7) is -0.316. The molecule has 0 aliphatic rings. The van der Waals surface area contributed by atoms with Gasteiger partial charge in [0.15, 0.2) is 0 Å². The summed E-state index contributed by atoms with van der Waals surface area (Å²) in [7, 11) is 1.30. The average Bonchev–Trinajstić information content (AvgIpc) is 2.45. The van der Waals surface area contributed by atoms with E-state index in [0.29, 0.717) is 12.2 Å². The Labute approximate surface area is 111 Å². The maximum atomic E-state index is 11.2. The molecule has 1 rings (SSSR count). The van der Waals surface area contributed by atoms with E-state index in [4.69, 9.17) is 20.7 Å². The highest BCUT2D eigenvalue weighted by Gasteiger charge is 2.14. The van der Waals surface area contributed by atoms with Gasteiger partial charge < -0.3 is 25.4 Å². The first-order chi connectivity index (χ1) is 9.06. The van der Waals surface area contributed by atoms with Crippen LogP contribution >= 0.6 is 0 Å². The number of benzene rings is 1. The molecule has 0 saturated carbocycles. The van der Waals surface area contributed by atoms with E-state index < -0.39 is 18.1 Å². The number of carbonyl (C=O) groups excluding carboxylic acids is 1. The van der Waals surface area contributed by atoms with E-state index in [0.717, 1.165) is 5.56 Å². The second kappa shape index (κ2) is 7.73. The zero-order valence-corrected chi connectivity index (χ0v) is 10.8. The smallest absolute Gasteiger partial charge is 0.322 e. The number of rotatable bonds is 7. The molecule has 0 fully saturated rings. The molecule has 4 N–H and O–H groups in total. The molecule has 0 saturated heterocycles. The van der Waals surface area contributed by atoms with Crippen molar-refractivity contribution >= 4 is 5.97 Å². The van der Waals surface area contributed by atoms with E-state index in [9.17, 15) is 4.79 Å². The monoisotopic (exact) mass is 269 g/mol. The van der Waals surface area contributed by atoms with Gasteiger partial charge in [0, 0.05) is 0 Å². The largest absolute Gasteiger partial charge is 0.491 e. The Kier molecular flexibility index (Phi) is 6.27. The van der Waals surface area contributed by atoms with Gasteiger partial charge in [-0.05, 0) is 24.1 Å². The van der Waals surface area contributed by atoms with Crippen molar-refractivity contribution in [2.75, 3.05) is 20.3 Å². The maximum absolute atomic E-state index is 11.2. The summed E-state index contributed by atoms with van der Waals surface area (Å²) in [6.07, 6.45) is -0.515. The van der Waals surface area contributed by atoms with Crippen molar-refractivity contribution in [2.45, 2.75) is 18.6 Å². The number of hydrogen-bond donors (Lipinski definition) is 3. The van der Waals surface area contributed by atoms with E-state index in [1.807, 2.05) is 0 Å². The second-order valence-corrected chi connectivity index (χ2v) is 4.13. The number of aliphatic hydroxyl groups is 2. The van der Waals surface area contributed by atoms with Crippen LogP contribution in [0.2, 0.25) is 0 Å². The quantitative estimate of drug-likeness (QED) is 0.575. The molecule has 2 atom stereocenters. The van der Waals surface area contributed by atoms with Gasteiger partial charge in [0.25, 0.3) is 0 Å². The normalized spacial score (nSPS) is 13.7. The molecule has 19 heavy (non-hydrogen) atoms. The van der Waals surface area contributed by atoms with Gasteiger partial charge in [-0.2, -0.15) is 0 Å². The van der Waals surface area contributed by atoms with Crippen LogP contribution in [0.4, 0.5) is 0 Å². The third-order valence-electron chi connectivity index (χ3n) is 2.54. The fourth-order valence-electron chi connectivity index (χ4n) is 1.46. The van der Waals surface area contributed by atoms with Crippen molar-refractivity contribution in [3.05, 3.63) is 29.8 Å². The number of ether oxygens (including phenoxy) is 2. The third kappa shape index (κ3) is 5.25. The molecule has 0 amide bonds. The first-order valence-electron chi connectivity index (χ1n) is 5.91. The molecule has 0 radical (unpaired) electrons. The summed E-state index contributed by atoms with van der Waals surface area (Å²) in [4.78, 5) is 11.2. The van der Waals surface area contributed by atoms with Crippen molar-refractivity contribution in [3.8, 4) is 5.75 Å². The molecule has 0 aliphatic heterocycles. The van der Waals surface area contributed by atoms with Gasteiger partial charge in [-0.25, -0.2) is 0 Å². The summed E-state index contributed by atoms with van der Waals surface area (Å²) in [5.41, 5.74) is 6.53. The molecule has 106 valence electrons. The van der Waals surface area contributed by atoms with Crippen molar-refractivity contribution in [3.63, 3.8) is 0 Å². The lowest BCUT2D eigenvalue weighted by molar-refractivity contribution is -0.142. The number of carbonyl (C=O) groups is 1. The van der Waals surface area contributed by atoms with E-state index in [1.54, 1.807) is 24.3 Å². The number of hydrogen-bond acceptors (Lipinski definition) is 6. The van der Waals surface area contributed by atoms with Gasteiger partial charge in [-0.1, -0.05) is 12.1 Å². The fraction of sp³-hybridized carbons (Fsp3) is 0.462. The molecule has 0 bridgehead atoms. The van der Waals surface area contributed by atoms with Crippen LogP contribution in [0.15, 0.2) is 24.3 Å². The zero-order chi connectivity index (χ0) is 14.3. The molecule has 6 heteroatoms. The highest BCUT2D eigenvalue weighted by atomic mass is 16.5. The minimum absolute atomic E-state index is 0.0253. The number of methoxy groups -OCH3 is 1. The van der Waals surface area contributed by atoms with Crippen LogP contribution in [0.3, 0.4) is 0 Å². The molecule has 1 aromatic carbocycles. The number of esters is 1. The third-order valence-corrected chi connectivity index (χ3v) is 2.54. The topological polar surface area (TPSA) is 102 Å². The van der Waals surface area contributed by atoms with E-state index in [2.05, 4.69) is 4.74 Å². The Morgan fingerprint density at radius 3 is 2.53 bits per heavy atom. The molecule has 6 nitrogen and oxygen atoms in total. The lowest BCUT2D eigenvalue weighted by Crippen LogP contribution is -2.33. The lowest BCUT2D eigenvalue weighted by atomic mass is 10.1. The van der Waals surface area contributed by atoms with Crippen molar-refractivity contribution in [1.29, 1.82) is 0 Å². The molecule has 0 spiro atoms. The summed E-state index contributed by atoms with van der Waals surface area (Å²) in [6, 6.07) is 6.30. The van der Waals surface area contributed by atoms with Crippen LogP contribution < -0.4 is 10.5 Å². The molecule has 1 aromatic rings. The van der Waals surface area contributed by atoms with Gasteiger partial charge in [0.2, 0.25) is 0 Å². The second-order valence-electron chi connectivity index (χ2n) is 4.13. The standard InChI is InChI=1S/C13H19NO5/c1-18-13(17)12(14)6-9-2-4-11(5-3-9)19-8-10(16)7-15/h2-5,10,12,15-16H,6-8,14H2,1H3/t10-,12?/m0/s1. The molecule has 0 heterocycles. The van der Waals surface area contributed by atoms with Gasteiger partial charge in [-0.3, -0.25) is 4.79 Å². The highest BCUT2D eigenvalue weighted by Crippen LogP contribution is 2.13. The highest BCUT2D eigenvalue weighted by molar-refractivity contribution is 5.75. The van der Waals surface area contributed by atoms with Gasteiger partial charge in [0.1, 0.15) is 24.5 Å². The molecule has 0 aliphatic carbocycles. The lowest BCUT2D eigenvalue weighted by Gasteiger charge is -2.11. The van der Waals surface area contributed by atoms with Crippen LogP contribution in [0.25, 0.3) is 0 Å². The van der Waals surface area contributed by atoms with Crippen molar-refractivity contribution in [2.24, 2.45) is 5.73 Å². The maximum Gasteiger partial charge on any atom is 0.322 e.